The summed E-state index contributed by atoms with van der Waals surface area (Å²) in [7, 11) is 0. The predicted molar refractivity (Wildman–Crippen MR) is 57.4 cm³/mol. The molecule has 0 atom stereocenters. The SMILES string of the molecule is N=C(C(=N)C1CNC1)c1ccccc1. The van der Waals surface area contributed by atoms with Crippen molar-refractivity contribution in [2.75, 3.05) is 13.1 Å². The topological polar surface area (TPSA) is 59.7 Å². The van der Waals surface area contributed by atoms with E-state index in [9.17, 15) is 0 Å². The van der Waals surface area contributed by atoms with E-state index < -0.39 is 0 Å². The van der Waals surface area contributed by atoms with Crippen LogP contribution in [0.15, 0.2) is 30.3 Å². The molecule has 3 N–H and O–H groups in total. The molecule has 0 spiro atoms. The van der Waals surface area contributed by atoms with Gasteiger partial charge in [0.15, 0.2) is 0 Å². The van der Waals surface area contributed by atoms with Crippen LogP contribution in [0, 0.1) is 16.7 Å². The molecule has 1 aliphatic rings. The summed E-state index contributed by atoms with van der Waals surface area (Å²) in [5.41, 5.74) is 1.65. The minimum absolute atomic E-state index is 0.239. The van der Waals surface area contributed by atoms with Gasteiger partial charge in [-0.25, -0.2) is 0 Å². The van der Waals surface area contributed by atoms with Gasteiger partial charge in [0, 0.05) is 24.6 Å². The lowest BCUT2D eigenvalue weighted by Gasteiger charge is -2.27. The molecule has 72 valence electrons. The first-order valence-electron chi connectivity index (χ1n) is 4.72. The molecule has 0 amide bonds. The Bertz CT molecular complexity index is 352. The van der Waals surface area contributed by atoms with Crippen LogP contribution in [-0.4, -0.2) is 24.5 Å². The summed E-state index contributed by atoms with van der Waals surface area (Å²) in [6.45, 7) is 1.68. The van der Waals surface area contributed by atoms with Gasteiger partial charge in [-0.05, 0) is 0 Å². The quantitative estimate of drug-likeness (QED) is 0.613. The molecule has 1 aromatic rings. The zero-order valence-corrected chi connectivity index (χ0v) is 7.88. The second kappa shape index (κ2) is 3.72. The molecule has 0 unspecified atom stereocenters. The molecule has 1 aliphatic heterocycles. The van der Waals surface area contributed by atoms with Gasteiger partial charge >= 0.3 is 0 Å². The van der Waals surface area contributed by atoms with Crippen LogP contribution in [0.25, 0.3) is 0 Å². The van der Waals surface area contributed by atoms with Crippen LogP contribution in [0.4, 0.5) is 0 Å². The number of hydrogen-bond acceptors (Lipinski definition) is 3. The number of hydrogen-bond donors (Lipinski definition) is 3. The minimum Gasteiger partial charge on any atom is -0.315 e. The summed E-state index contributed by atoms with van der Waals surface area (Å²) in [5, 5.41) is 18.8. The minimum atomic E-state index is 0.239. The van der Waals surface area contributed by atoms with E-state index >= 15 is 0 Å². The first kappa shape index (κ1) is 9.09. The average Bonchev–Trinajstić information content (AvgIpc) is 2.15. The van der Waals surface area contributed by atoms with Gasteiger partial charge in [-0.1, -0.05) is 30.3 Å². The summed E-state index contributed by atoms with van der Waals surface area (Å²) in [4.78, 5) is 0. The van der Waals surface area contributed by atoms with Gasteiger partial charge in [-0.15, -0.1) is 0 Å². The third kappa shape index (κ3) is 1.59. The van der Waals surface area contributed by atoms with E-state index in [1.165, 1.54) is 0 Å². The summed E-state index contributed by atoms with van der Waals surface area (Å²) < 4.78 is 0. The van der Waals surface area contributed by atoms with E-state index in [0.29, 0.717) is 11.4 Å². The Labute approximate surface area is 83.2 Å². The Morgan fingerprint density at radius 1 is 1.14 bits per heavy atom. The van der Waals surface area contributed by atoms with Gasteiger partial charge in [0.2, 0.25) is 0 Å². The number of nitrogens with one attached hydrogen (secondary N) is 3. The third-order valence-corrected chi connectivity index (χ3v) is 2.52. The van der Waals surface area contributed by atoms with E-state index in [4.69, 9.17) is 10.8 Å². The molecule has 3 heteroatoms. The summed E-state index contributed by atoms with van der Waals surface area (Å²) in [6.07, 6.45) is 0. The molecule has 2 rings (SSSR count). The van der Waals surface area contributed by atoms with Gasteiger partial charge in [0.1, 0.15) is 0 Å². The van der Waals surface area contributed by atoms with Crippen molar-refractivity contribution in [2.45, 2.75) is 0 Å². The van der Waals surface area contributed by atoms with Gasteiger partial charge in [0.05, 0.1) is 11.4 Å². The predicted octanol–water partition coefficient (Wildman–Crippen LogP) is 1.29. The van der Waals surface area contributed by atoms with Crippen molar-refractivity contribution < 1.29 is 0 Å². The highest BCUT2D eigenvalue weighted by molar-refractivity contribution is 6.46. The molecule has 14 heavy (non-hydrogen) atoms. The van der Waals surface area contributed by atoms with Crippen molar-refractivity contribution in [1.82, 2.24) is 5.32 Å². The molecule has 3 nitrogen and oxygen atoms in total. The maximum absolute atomic E-state index is 7.85. The van der Waals surface area contributed by atoms with E-state index in [2.05, 4.69) is 5.32 Å². The molecule has 1 fully saturated rings. The summed E-state index contributed by atoms with van der Waals surface area (Å²) >= 11 is 0. The summed E-state index contributed by atoms with van der Waals surface area (Å²) in [5.74, 6) is 0.239. The summed E-state index contributed by atoms with van der Waals surface area (Å²) in [6, 6.07) is 9.48. The molecule has 0 aromatic heterocycles. The second-order valence-corrected chi connectivity index (χ2v) is 3.51. The van der Waals surface area contributed by atoms with Crippen molar-refractivity contribution >= 4 is 11.4 Å². The van der Waals surface area contributed by atoms with Crippen LogP contribution in [0.3, 0.4) is 0 Å². The van der Waals surface area contributed by atoms with Gasteiger partial charge in [-0.3, -0.25) is 5.41 Å². The molecule has 0 bridgehead atoms. The Morgan fingerprint density at radius 2 is 1.79 bits per heavy atom. The Kier molecular flexibility index (Phi) is 2.41. The smallest absolute Gasteiger partial charge is 0.0823 e. The lowest BCUT2D eigenvalue weighted by atomic mass is 9.91. The highest BCUT2D eigenvalue weighted by atomic mass is 15.0. The normalized spacial score (nSPS) is 16.0. The molecule has 0 aliphatic carbocycles. The van der Waals surface area contributed by atoms with Crippen LogP contribution in [0.5, 0.6) is 0 Å². The molecule has 0 saturated carbocycles. The van der Waals surface area contributed by atoms with Crippen molar-refractivity contribution in [1.29, 1.82) is 10.8 Å². The van der Waals surface area contributed by atoms with E-state index in [-0.39, 0.29) is 5.92 Å². The average molecular weight is 187 g/mol. The molecule has 1 heterocycles. The zero-order chi connectivity index (χ0) is 9.97. The fraction of sp³-hybridized carbons (Fsp3) is 0.273. The fourth-order valence-corrected chi connectivity index (χ4v) is 1.46. The molecule has 1 saturated heterocycles. The first-order chi connectivity index (χ1) is 6.79. The van der Waals surface area contributed by atoms with E-state index in [0.717, 1.165) is 18.7 Å². The Morgan fingerprint density at radius 3 is 2.29 bits per heavy atom. The van der Waals surface area contributed by atoms with Crippen molar-refractivity contribution in [3.8, 4) is 0 Å². The fourth-order valence-electron chi connectivity index (χ4n) is 1.46. The lowest BCUT2D eigenvalue weighted by molar-refractivity contribution is 0.445. The van der Waals surface area contributed by atoms with Crippen LogP contribution >= 0.6 is 0 Å². The monoisotopic (exact) mass is 187 g/mol. The molecular weight excluding hydrogens is 174 g/mol. The van der Waals surface area contributed by atoms with Crippen LogP contribution in [-0.2, 0) is 0 Å². The third-order valence-electron chi connectivity index (χ3n) is 2.52. The van der Waals surface area contributed by atoms with Gasteiger partial charge in [0.25, 0.3) is 0 Å². The van der Waals surface area contributed by atoms with Gasteiger partial charge in [-0.2, -0.15) is 0 Å². The highest BCUT2D eigenvalue weighted by Gasteiger charge is 2.24. The van der Waals surface area contributed by atoms with Crippen LogP contribution < -0.4 is 5.32 Å². The van der Waals surface area contributed by atoms with Crippen molar-refractivity contribution in [2.24, 2.45) is 5.92 Å². The second-order valence-electron chi connectivity index (χ2n) is 3.51. The Hall–Kier alpha value is -1.48. The van der Waals surface area contributed by atoms with Crippen molar-refractivity contribution in [3.63, 3.8) is 0 Å². The number of benzene rings is 1. The standard InChI is InChI=1S/C11H13N3/c12-10(8-4-2-1-3-5-8)11(13)9-6-14-7-9/h1-5,9,12-14H,6-7H2. The highest BCUT2D eigenvalue weighted by Crippen LogP contribution is 2.10. The van der Waals surface area contributed by atoms with Crippen molar-refractivity contribution in [3.05, 3.63) is 35.9 Å². The largest absolute Gasteiger partial charge is 0.315 e. The van der Waals surface area contributed by atoms with E-state index in [1.54, 1.807) is 0 Å². The molecular formula is C11H13N3. The first-order valence-corrected chi connectivity index (χ1v) is 4.72. The Balaban J connectivity index is 2.12. The van der Waals surface area contributed by atoms with Crippen LogP contribution in [0.2, 0.25) is 0 Å². The number of rotatable bonds is 3. The van der Waals surface area contributed by atoms with Gasteiger partial charge < -0.3 is 10.7 Å². The molecule has 1 aromatic carbocycles. The maximum Gasteiger partial charge on any atom is 0.0823 e. The van der Waals surface area contributed by atoms with Crippen LogP contribution in [0.1, 0.15) is 5.56 Å². The lowest BCUT2D eigenvalue weighted by Crippen LogP contribution is -2.48. The van der Waals surface area contributed by atoms with E-state index in [1.807, 2.05) is 30.3 Å². The molecule has 0 radical (unpaired) electrons. The maximum atomic E-state index is 7.85. The zero-order valence-electron chi connectivity index (χ0n) is 7.88.